The number of nitrogens with zero attached hydrogens (tertiary/aromatic N) is 2. The molecule has 0 saturated carbocycles. The van der Waals surface area contributed by atoms with E-state index in [0.717, 1.165) is 25.2 Å². The summed E-state index contributed by atoms with van der Waals surface area (Å²) in [5, 5.41) is 2.87. The highest BCUT2D eigenvalue weighted by molar-refractivity contribution is 5.98. The third kappa shape index (κ3) is 3.54. The molecule has 0 spiro atoms. The first kappa shape index (κ1) is 18.7. The molecule has 2 aliphatic heterocycles. The Morgan fingerprint density at radius 1 is 1.14 bits per heavy atom. The third-order valence-electron chi connectivity index (χ3n) is 5.88. The number of rotatable bonds is 4. The van der Waals surface area contributed by atoms with Crippen molar-refractivity contribution in [3.63, 3.8) is 0 Å². The maximum Gasteiger partial charge on any atom is 0.251 e. The number of hydrogen-bond acceptors (Lipinski definition) is 3. The van der Waals surface area contributed by atoms with Gasteiger partial charge in [0.15, 0.2) is 0 Å². The van der Waals surface area contributed by atoms with Gasteiger partial charge in [0.25, 0.3) is 5.91 Å². The molecule has 0 bridgehead atoms. The minimum Gasteiger partial charge on any atom is -0.352 e. The number of carbonyl (C=O) groups is 2. The summed E-state index contributed by atoms with van der Waals surface area (Å²) in [7, 11) is 2.15. The first-order valence-corrected chi connectivity index (χ1v) is 9.99. The molecular weight excluding hydrogens is 350 g/mol. The van der Waals surface area contributed by atoms with E-state index in [1.165, 1.54) is 11.1 Å². The molecule has 5 heteroatoms. The van der Waals surface area contributed by atoms with Gasteiger partial charge in [-0.2, -0.15) is 0 Å². The normalized spacial score (nSPS) is 21.1. The maximum absolute atomic E-state index is 13.1. The largest absolute Gasteiger partial charge is 0.352 e. The van der Waals surface area contributed by atoms with Gasteiger partial charge in [0.1, 0.15) is 0 Å². The highest BCUT2D eigenvalue weighted by atomic mass is 16.2. The Hall–Kier alpha value is -2.66. The second-order valence-electron chi connectivity index (χ2n) is 7.92. The zero-order chi connectivity index (χ0) is 19.7. The van der Waals surface area contributed by atoms with Crippen LogP contribution >= 0.6 is 0 Å². The van der Waals surface area contributed by atoms with Crippen molar-refractivity contribution in [2.24, 2.45) is 0 Å². The van der Waals surface area contributed by atoms with E-state index in [1.54, 1.807) is 12.1 Å². The lowest BCUT2D eigenvalue weighted by Crippen LogP contribution is -2.47. The summed E-state index contributed by atoms with van der Waals surface area (Å²) < 4.78 is 0. The van der Waals surface area contributed by atoms with Gasteiger partial charge in [-0.15, -0.1) is 0 Å². The van der Waals surface area contributed by atoms with Crippen LogP contribution in [-0.2, 0) is 4.79 Å². The molecule has 28 heavy (non-hydrogen) atoms. The number of aryl methyl sites for hydroxylation is 1. The highest BCUT2D eigenvalue weighted by Crippen LogP contribution is 2.45. The Morgan fingerprint density at radius 2 is 1.93 bits per heavy atom. The van der Waals surface area contributed by atoms with E-state index in [1.807, 2.05) is 23.1 Å². The third-order valence-corrected chi connectivity index (χ3v) is 5.88. The van der Waals surface area contributed by atoms with Crippen LogP contribution in [0.5, 0.6) is 0 Å². The fraction of sp³-hybridized carbons (Fsp3) is 0.391. The van der Waals surface area contributed by atoms with Crippen LogP contribution in [0, 0.1) is 6.92 Å². The number of hydrogen-bond donors (Lipinski definition) is 1. The van der Waals surface area contributed by atoms with Crippen molar-refractivity contribution in [1.29, 1.82) is 0 Å². The molecule has 2 atom stereocenters. The van der Waals surface area contributed by atoms with Gasteiger partial charge < -0.3 is 15.1 Å². The lowest BCUT2D eigenvalue weighted by molar-refractivity contribution is -0.119. The van der Waals surface area contributed by atoms with Gasteiger partial charge in [0.05, 0.1) is 0 Å². The summed E-state index contributed by atoms with van der Waals surface area (Å²) in [5.74, 6) is 0.329. The zero-order valence-electron chi connectivity index (χ0n) is 16.5. The Bertz CT molecular complexity index is 881. The summed E-state index contributed by atoms with van der Waals surface area (Å²) in [6.45, 7) is 4.44. The van der Waals surface area contributed by atoms with E-state index in [-0.39, 0.29) is 17.9 Å². The minimum absolute atomic E-state index is 0.0931. The molecule has 0 aliphatic carbocycles. The van der Waals surface area contributed by atoms with E-state index >= 15 is 0 Å². The number of fused-ring (bicyclic) bond motifs is 3. The molecule has 2 heterocycles. The summed E-state index contributed by atoms with van der Waals surface area (Å²) in [4.78, 5) is 29.7. The Kier molecular flexibility index (Phi) is 5.18. The molecule has 2 aromatic rings. The molecule has 0 radical (unpaired) electrons. The van der Waals surface area contributed by atoms with Crippen molar-refractivity contribution in [3.05, 3.63) is 65.2 Å². The van der Waals surface area contributed by atoms with Crippen LogP contribution in [-0.4, -0.2) is 49.4 Å². The van der Waals surface area contributed by atoms with Crippen LogP contribution in [0.4, 0.5) is 5.69 Å². The van der Waals surface area contributed by atoms with Crippen LogP contribution in [0.3, 0.4) is 0 Å². The molecule has 5 nitrogen and oxygen atoms in total. The maximum atomic E-state index is 13.1. The number of amides is 2. The highest BCUT2D eigenvalue weighted by Gasteiger charge is 2.43. The van der Waals surface area contributed by atoms with Crippen LogP contribution in [0.1, 0.15) is 40.2 Å². The van der Waals surface area contributed by atoms with Crippen molar-refractivity contribution < 1.29 is 9.59 Å². The quantitative estimate of drug-likeness (QED) is 0.891. The monoisotopic (exact) mass is 377 g/mol. The second-order valence-corrected chi connectivity index (χ2v) is 7.92. The number of likely N-dealkylation sites (tertiary alicyclic amines) is 1. The summed E-state index contributed by atoms with van der Waals surface area (Å²) in [6.07, 6.45) is 1.29. The summed E-state index contributed by atoms with van der Waals surface area (Å²) in [5.41, 5.74) is 4.19. The lowest BCUT2D eigenvalue weighted by Gasteiger charge is -2.36. The van der Waals surface area contributed by atoms with Gasteiger partial charge in [0, 0.05) is 42.7 Å². The molecule has 146 valence electrons. The smallest absolute Gasteiger partial charge is 0.251 e. The number of benzene rings is 2. The van der Waals surface area contributed by atoms with Crippen molar-refractivity contribution in [2.45, 2.75) is 31.7 Å². The second kappa shape index (κ2) is 7.76. The van der Waals surface area contributed by atoms with E-state index < -0.39 is 0 Å². The topological polar surface area (TPSA) is 52.6 Å². The summed E-state index contributed by atoms with van der Waals surface area (Å²) >= 11 is 0. The van der Waals surface area contributed by atoms with Gasteiger partial charge >= 0.3 is 0 Å². The number of piperidine rings is 1. The Morgan fingerprint density at radius 3 is 2.71 bits per heavy atom. The number of anilines is 1. The molecule has 2 aliphatic rings. The summed E-state index contributed by atoms with van der Waals surface area (Å²) in [6, 6.07) is 15.7. The zero-order valence-corrected chi connectivity index (χ0v) is 16.5. The fourth-order valence-electron chi connectivity index (χ4n) is 4.50. The fourth-order valence-corrected chi connectivity index (χ4v) is 4.50. The molecule has 1 fully saturated rings. The first-order valence-electron chi connectivity index (χ1n) is 9.99. The molecular formula is C23H27N3O2. The SMILES string of the molecule is Cc1ccc2c(c1)C1CN(C)CCC1N2C(=O)CCNC(=O)c1ccccc1. The van der Waals surface area contributed by atoms with Crippen LogP contribution < -0.4 is 10.2 Å². The standard InChI is InChI=1S/C23H27N3O2/c1-16-8-9-20-18(14-16)19-15-25(2)13-11-21(19)26(20)22(27)10-12-24-23(28)17-6-4-3-5-7-17/h3-9,14,19,21H,10-13,15H2,1-2H3,(H,24,28). The van der Waals surface area contributed by atoms with Gasteiger partial charge in [-0.3, -0.25) is 9.59 Å². The van der Waals surface area contributed by atoms with Gasteiger partial charge in [-0.1, -0.05) is 35.9 Å². The first-order chi connectivity index (χ1) is 13.5. The predicted octanol–water partition coefficient (Wildman–Crippen LogP) is 2.95. The molecule has 2 amide bonds. The average molecular weight is 377 g/mol. The molecule has 2 aromatic carbocycles. The Labute approximate surface area is 166 Å². The van der Waals surface area contributed by atoms with Gasteiger partial charge in [-0.05, 0) is 50.7 Å². The van der Waals surface area contributed by atoms with Crippen molar-refractivity contribution >= 4 is 17.5 Å². The van der Waals surface area contributed by atoms with E-state index in [0.29, 0.717) is 24.4 Å². The molecule has 4 rings (SSSR count). The molecule has 0 aromatic heterocycles. The predicted molar refractivity (Wildman–Crippen MR) is 111 cm³/mol. The molecule has 2 unspecified atom stereocenters. The minimum atomic E-state index is -0.136. The van der Waals surface area contributed by atoms with E-state index in [2.05, 4.69) is 42.4 Å². The van der Waals surface area contributed by atoms with E-state index in [9.17, 15) is 9.59 Å². The number of carbonyl (C=O) groups excluding carboxylic acids is 2. The number of likely N-dealkylation sites (N-methyl/N-ethyl adjacent to an activating group) is 1. The molecule has 1 N–H and O–H groups in total. The number of nitrogens with one attached hydrogen (secondary N) is 1. The van der Waals surface area contributed by atoms with Crippen molar-refractivity contribution in [3.8, 4) is 0 Å². The van der Waals surface area contributed by atoms with Crippen LogP contribution in [0.25, 0.3) is 0 Å². The van der Waals surface area contributed by atoms with Gasteiger partial charge in [0.2, 0.25) is 5.91 Å². The van der Waals surface area contributed by atoms with Crippen LogP contribution in [0.2, 0.25) is 0 Å². The van der Waals surface area contributed by atoms with E-state index in [4.69, 9.17) is 0 Å². The van der Waals surface area contributed by atoms with Crippen molar-refractivity contribution in [1.82, 2.24) is 10.2 Å². The van der Waals surface area contributed by atoms with Gasteiger partial charge in [-0.25, -0.2) is 0 Å². The molecule has 1 saturated heterocycles. The van der Waals surface area contributed by atoms with Crippen molar-refractivity contribution in [2.75, 3.05) is 31.6 Å². The average Bonchev–Trinajstić information content (AvgIpc) is 3.01. The van der Waals surface area contributed by atoms with Crippen LogP contribution in [0.15, 0.2) is 48.5 Å². The lowest BCUT2D eigenvalue weighted by atomic mass is 9.89. The Balaban J connectivity index is 1.46.